The molecule has 0 fully saturated rings. The Hall–Kier alpha value is -4.37. The predicted molar refractivity (Wildman–Crippen MR) is 118 cm³/mol. The van der Waals surface area contributed by atoms with Crippen LogP contribution in [-0.4, -0.2) is 5.11 Å². The normalized spacial score (nSPS) is 10.3. The predicted octanol–water partition coefficient (Wildman–Crippen LogP) is 4.82. The summed E-state index contributed by atoms with van der Waals surface area (Å²) in [5, 5.41) is 42.9. The third-order valence-corrected chi connectivity index (χ3v) is 5.10. The van der Waals surface area contributed by atoms with E-state index in [0.29, 0.717) is 22.4 Å². The highest BCUT2D eigenvalue weighted by molar-refractivity contribution is 5.66. The maximum atomic E-state index is 12.2. The molecule has 0 aromatic heterocycles. The molecular formula is C26H20N4O. The number of aliphatic hydroxyl groups is 1. The molecule has 5 heteroatoms. The average Bonchev–Trinajstić information content (AvgIpc) is 2.80. The van der Waals surface area contributed by atoms with E-state index >= 15 is 0 Å². The quantitative estimate of drug-likeness (QED) is 0.468. The van der Waals surface area contributed by atoms with Crippen molar-refractivity contribution in [3.63, 3.8) is 0 Å². The molecule has 0 radical (unpaired) electrons. The van der Waals surface area contributed by atoms with E-state index in [1.807, 2.05) is 68.4 Å². The second-order valence-electron chi connectivity index (χ2n) is 7.20. The van der Waals surface area contributed by atoms with Crippen molar-refractivity contribution in [2.45, 2.75) is 19.4 Å². The van der Waals surface area contributed by atoms with Gasteiger partial charge in [-0.05, 0) is 31.0 Å². The van der Waals surface area contributed by atoms with Crippen LogP contribution in [0.25, 0.3) is 0 Å². The van der Waals surface area contributed by atoms with Crippen molar-refractivity contribution in [3.8, 4) is 18.2 Å². The van der Waals surface area contributed by atoms with Gasteiger partial charge in [0.15, 0.2) is 5.57 Å². The summed E-state index contributed by atoms with van der Waals surface area (Å²) in [6, 6.07) is 27.5. The Morgan fingerprint density at radius 3 is 1.68 bits per heavy atom. The van der Waals surface area contributed by atoms with E-state index < -0.39 is 5.60 Å². The fourth-order valence-electron chi connectivity index (χ4n) is 3.39. The number of hydrogen-bond donors (Lipinski definition) is 2. The Morgan fingerprint density at radius 1 is 0.742 bits per heavy atom. The van der Waals surface area contributed by atoms with Crippen molar-refractivity contribution in [1.82, 2.24) is 0 Å². The number of nitriles is 3. The maximum Gasteiger partial charge on any atom is 0.163 e. The van der Waals surface area contributed by atoms with Gasteiger partial charge in [-0.3, -0.25) is 0 Å². The number of rotatable bonds is 5. The molecule has 150 valence electrons. The van der Waals surface area contributed by atoms with Gasteiger partial charge in [0.25, 0.3) is 0 Å². The van der Waals surface area contributed by atoms with E-state index in [9.17, 15) is 20.9 Å². The number of aryl methyl sites for hydroxylation is 2. The Balaban J connectivity index is 2.27. The molecule has 3 rings (SSSR count). The molecule has 2 N–H and O–H groups in total. The molecule has 0 aliphatic carbocycles. The van der Waals surface area contributed by atoms with E-state index in [1.54, 1.807) is 36.4 Å². The molecule has 0 spiro atoms. The monoisotopic (exact) mass is 404 g/mol. The highest BCUT2D eigenvalue weighted by Gasteiger charge is 2.36. The van der Waals surface area contributed by atoms with Crippen molar-refractivity contribution < 1.29 is 5.11 Å². The third-order valence-electron chi connectivity index (χ3n) is 5.10. The molecule has 0 atom stereocenters. The number of hydrogen-bond acceptors (Lipinski definition) is 5. The zero-order valence-corrected chi connectivity index (χ0v) is 17.2. The van der Waals surface area contributed by atoms with E-state index in [0.717, 1.165) is 11.1 Å². The zero-order valence-electron chi connectivity index (χ0n) is 17.2. The summed E-state index contributed by atoms with van der Waals surface area (Å²) in [5.41, 5.74) is 2.30. The fourth-order valence-corrected chi connectivity index (χ4v) is 3.39. The smallest absolute Gasteiger partial charge is 0.163 e. The highest BCUT2D eigenvalue weighted by Crippen LogP contribution is 2.40. The van der Waals surface area contributed by atoms with Gasteiger partial charge in [-0.2, -0.15) is 15.8 Å². The van der Waals surface area contributed by atoms with Gasteiger partial charge in [0, 0.05) is 11.3 Å². The van der Waals surface area contributed by atoms with Crippen LogP contribution >= 0.6 is 0 Å². The van der Waals surface area contributed by atoms with Crippen LogP contribution in [-0.2, 0) is 5.60 Å². The summed E-state index contributed by atoms with van der Waals surface area (Å²) in [4.78, 5) is 0. The summed E-state index contributed by atoms with van der Waals surface area (Å²) < 4.78 is 0. The van der Waals surface area contributed by atoms with Gasteiger partial charge in [-0.25, -0.2) is 0 Å². The number of nitrogens with zero attached hydrogens (tertiary/aromatic N) is 3. The molecule has 3 aromatic rings. The number of para-hydroxylation sites is 1. The van der Waals surface area contributed by atoms with Gasteiger partial charge in [-0.15, -0.1) is 0 Å². The second kappa shape index (κ2) is 8.97. The van der Waals surface area contributed by atoms with Gasteiger partial charge < -0.3 is 10.4 Å². The number of nitrogens with one attached hydrogen (secondary N) is 1. The van der Waals surface area contributed by atoms with E-state index in [2.05, 4.69) is 5.32 Å². The van der Waals surface area contributed by atoms with Crippen molar-refractivity contribution in [1.29, 1.82) is 15.8 Å². The summed E-state index contributed by atoms with van der Waals surface area (Å²) in [5.74, 6) is 0. The standard InChI is InChI=1S/C26H20N4O/c1-18-7-11-21(12-8-18)26(31,22-13-9-19(2)10-14-22)23-5-3-4-6-24(23)30-25(17-29)20(15-27)16-28/h3-14,30-31H,1-2H3. The van der Waals surface area contributed by atoms with Gasteiger partial charge in [0.1, 0.15) is 29.5 Å². The first-order valence-electron chi connectivity index (χ1n) is 9.61. The molecule has 0 saturated heterocycles. The van der Waals surface area contributed by atoms with E-state index in [-0.39, 0.29) is 11.3 Å². The second-order valence-corrected chi connectivity index (χ2v) is 7.20. The molecule has 0 amide bonds. The lowest BCUT2D eigenvalue weighted by Crippen LogP contribution is -2.30. The molecular weight excluding hydrogens is 384 g/mol. The van der Waals surface area contributed by atoms with Crippen molar-refractivity contribution >= 4 is 5.69 Å². The Bertz CT molecular complexity index is 1190. The van der Waals surface area contributed by atoms with Crippen molar-refractivity contribution in [2.75, 3.05) is 5.32 Å². The van der Waals surface area contributed by atoms with Crippen LogP contribution in [0.4, 0.5) is 5.69 Å². The van der Waals surface area contributed by atoms with Crippen molar-refractivity contribution in [2.24, 2.45) is 0 Å². The van der Waals surface area contributed by atoms with Crippen molar-refractivity contribution in [3.05, 3.63) is 112 Å². The van der Waals surface area contributed by atoms with Crippen LogP contribution in [0.15, 0.2) is 84.1 Å². The Morgan fingerprint density at radius 2 is 1.23 bits per heavy atom. The van der Waals surface area contributed by atoms with Crippen LogP contribution < -0.4 is 5.32 Å². The summed E-state index contributed by atoms with van der Waals surface area (Å²) in [6.07, 6.45) is 0. The lowest BCUT2D eigenvalue weighted by molar-refractivity contribution is 0.126. The van der Waals surface area contributed by atoms with Crippen LogP contribution in [0.1, 0.15) is 27.8 Å². The SMILES string of the molecule is Cc1ccc(C(O)(c2ccc(C)cc2)c2ccccc2NC(C#N)=C(C#N)C#N)cc1. The van der Waals surface area contributed by atoms with Gasteiger partial charge in [-0.1, -0.05) is 77.9 Å². The highest BCUT2D eigenvalue weighted by atomic mass is 16.3. The minimum absolute atomic E-state index is 0.174. The molecule has 5 nitrogen and oxygen atoms in total. The summed E-state index contributed by atoms with van der Waals surface area (Å²) >= 11 is 0. The third kappa shape index (κ3) is 4.16. The molecule has 0 heterocycles. The topological polar surface area (TPSA) is 104 Å². The minimum Gasteiger partial charge on any atom is -0.376 e. The molecule has 0 bridgehead atoms. The van der Waals surface area contributed by atoms with E-state index in [4.69, 9.17) is 0 Å². The molecule has 0 aliphatic heterocycles. The average molecular weight is 404 g/mol. The lowest BCUT2D eigenvalue weighted by atomic mass is 9.79. The molecule has 31 heavy (non-hydrogen) atoms. The molecule has 0 saturated carbocycles. The number of allylic oxidation sites excluding steroid dienone is 2. The first kappa shape index (κ1) is 21.3. The van der Waals surface area contributed by atoms with Gasteiger partial charge >= 0.3 is 0 Å². The zero-order chi connectivity index (χ0) is 22.4. The number of benzene rings is 3. The molecule has 0 aliphatic rings. The summed E-state index contributed by atoms with van der Waals surface area (Å²) in [6.45, 7) is 3.94. The molecule has 3 aromatic carbocycles. The maximum absolute atomic E-state index is 12.2. The largest absolute Gasteiger partial charge is 0.376 e. The van der Waals surface area contributed by atoms with Crippen LogP contribution in [0.2, 0.25) is 0 Å². The Labute approximate surface area is 181 Å². The lowest BCUT2D eigenvalue weighted by Gasteiger charge is -2.32. The van der Waals surface area contributed by atoms with Gasteiger partial charge in [0.2, 0.25) is 0 Å². The molecule has 0 unspecified atom stereocenters. The first-order valence-corrected chi connectivity index (χ1v) is 9.61. The summed E-state index contributed by atoms with van der Waals surface area (Å²) in [7, 11) is 0. The van der Waals surface area contributed by atoms with Crippen LogP contribution in [0.5, 0.6) is 0 Å². The minimum atomic E-state index is -1.54. The Kier molecular flexibility index (Phi) is 6.18. The van der Waals surface area contributed by atoms with Gasteiger partial charge in [0.05, 0.1) is 0 Å². The van der Waals surface area contributed by atoms with E-state index in [1.165, 1.54) is 0 Å². The van der Waals surface area contributed by atoms with Crippen LogP contribution in [0.3, 0.4) is 0 Å². The fraction of sp³-hybridized carbons (Fsp3) is 0.115. The number of anilines is 1. The first-order chi connectivity index (χ1) is 14.9. The van der Waals surface area contributed by atoms with Crippen LogP contribution in [0, 0.1) is 47.8 Å².